The van der Waals surface area contributed by atoms with E-state index in [0.717, 1.165) is 44.9 Å². The summed E-state index contributed by atoms with van der Waals surface area (Å²) in [5.41, 5.74) is 0. The zero-order chi connectivity index (χ0) is 28.1. The average molecular weight is 561 g/mol. The Morgan fingerprint density at radius 2 is 1.68 bits per heavy atom. The summed E-state index contributed by atoms with van der Waals surface area (Å²) in [5, 5.41) is 0.184. The zero-order valence-electron chi connectivity index (χ0n) is 26.0. The van der Waals surface area contributed by atoms with Crippen LogP contribution in [-0.4, -0.2) is 60.3 Å². The van der Waals surface area contributed by atoms with E-state index in [4.69, 9.17) is 18.4 Å². The van der Waals surface area contributed by atoms with Crippen LogP contribution < -0.4 is 0 Å². The van der Waals surface area contributed by atoms with Gasteiger partial charge in [-0.15, -0.1) is 0 Å². The Morgan fingerprint density at radius 1 is 1.00 bits per heavy atom. The van der Waals surface area contributed by atoms with Crippen molar-refractivity contribution in [2.24, 2.45) is 11.8 Å². The number of methoxy groups -OCH3 is 2. The first-order chi connectivity index (χ1) is 17.3. The summed E-state index contributed by atoms with van der Waals surface area (Å²) in [5.74, 6) is 0.793. The van der Waals surface area contributed by atoms with E-state index in [-0.39, 0.29) is 23.4 Å². The largest absolute Gasteiger partial charge is 0.414 e. The first-order valence-corrected chi connectivity index (χ1v) is 20.1. The minimum absolute atomic E-state index is 0.167. The van der Waals surface area contributed by atoms with Gasteiger partial charge in [0, 0.05) is 33.0 Å². The molecule has 0 bridgehead atoms. The monoisotopic (exact) mass is 560 g/mol. The SMILES string of the molecule is CCCCC[C@@H](C=C[C@@H]1[C@@H](CCCCCCP(C)(=O)OCC)[C@@H](O[Si](C)(C)C(C)(C)C)C[C@H]1OC)OC. The van der Waals surface area contributed by atoms with Crippen LogP contribution in [0.5, 0.6) is 0 Å². The van der Waals surface area contributed by atoms with Gasteiger partial charge in [-0.3, -0.25) is 4.57 Å². The van der Waals surface area contributed by atoms with Crippen molar-refractivity contribution in [2.45, 2.75) is 135 Å². The van der Waals surface area contributed by atoms with Gasteiger partial charge in [0.25, 0.3) is 0 Å². The van der Waals surface area contributed by atoms with Crippen LogP contribution in [0.3, 0.4) is 0 Å². The van der Waals surface area contributed by atoms with Crippen LogP contribution >= 0.6 is 7.37 Å². The molecular formula is C30H61O5PSi. The molecule has 37 heavy (non-hydrogen) atoms. The number of ether oxygens (including phenoxy) is 2. The van der Waals surface area contributed by atoms with Gasteiger partial charge in [-0.2, -0.15) is 0 Å². The van der Waals surface area contributed by atoms with Crippen LogP contribution in [0.15, 0.2) is 12.2 Å². The molecule has 0 spiro atoms. The standard InChI is InChI=1S/C30H61O5PSi/c1-11-13-16-19-25(32-6)21-22-27-26(20-17-14-15-18-23-36(8,31)34-12-2)29(24-28(27)33-7)35-37(9,10)30(3,4)5/h21-22,25-29H,11-20,23-24H2,1-10H3/t25-,26+,27+,28+,29-,36?/m0/s1. The van der Waals surface area contributed by atoms with Crippen molar-refractivity contribution in [3.63, 3.8) is 0 Å². The highest BCUT2D eigenvalue weighted by Gasteiger charge is 2.47. The van der Waals surface area contributed by atoms with E-state index in [0.29, 0.717) is 24.6 Å². The first kappa shape index (κ1) is 35.1. The van der Waals surface area contributed by atoms with E-state index < -0.39 is 15.7 Å². The lowest BCUT2D eigenvalue weighted by molar-refractivity contribution is 0.0744. The van der Waals surface area contributed by atoms with Gasteiger partial charge >= 0.3 is 0 Å². The Morgan fingerprint density at radius 3 is 2.24 bits per heavy atom. The molecule has 0 heterocycles. The Kier molecular flexibility index (Phi) is 16.1. The summed E-state index contributed by atoms with van der Waals surface area (Å²) in [6.07, 6.45) is 17.2. The van der Waals surface area contributed by atoms with Crippen molar-refractivity contribution >= 4 is 15.7 Å². The van der Waals surface area contributed by atoms with Crippen LogP contribution in [0, 0.1) is 11.8 Å². The molecule has 220 valence electrons. The Balaban J connectivity index is 2.92. The van der Waals surface area contributed by atoms with Crippen LogP contribution in [0.2, 0.25) is 18.1 Å². The Labute approximate surface area is 231 Å². The van der Waals surface area contributed by atoms with Gasteiger partial charge < -0.3 is 18.4 Å². The summed E-state index contributed by atoms with van der Waals surface area (Å²) < 4.78 is 36.7. The lowest BCUT2D eigenvalue weighted by Gasteiger charge is -2.40. The predicted octanol–water partition coefficient (Wildman–Crippen LogP) is 9.07. The molecule has 1 saturated carbocycles. The van der Waals surface area contributed by atoms with E-state index in [2.05, 4.69) is 52.9 Å². The molecule has 5 nitrogen and oxygen atoms in total. The Bertz CT molecular complexity index is 690. The molecule has 1 unspecified atom stereocenters. The first-order valence-electron chi connectivity index (χ1n) is 14.9. The van der Waals surface area contributed by atoms with E-state index in [1.807, 2.05) is 21.1 Å². The van der Waals surface area contributed by atoms with Gasteiger partial charge in [-0.05, 0) is 56.7 Å². The molecule has 0 aliphatic heterocycles. The van der Waals surface area contributed by atoms with Crippen molar-refractivity contribution in [3.05, 3.63) is 12.2 Å². The lowest BCUT2D eigenvalue weighted by atomic mass is 9.87. The molecule has 0 saturated heterocycles. The summed E-state index contributed by atoms with van der Waals surface area (Å²) in [4.78, 5) is 0. The van der Waals surface area contributed by atoms with Gasteiger partial charge in [0.15, 0.2) is 15.7 Å². The fourth-order valence-electron chi connectivity index (χ4n) is 5.28. The molecular weight excluding hydrogens is 499 g/mol. The number of hydrogen-bond donors (Lipinski definition) is 0. The highest BCUT2D eigenvalue weighted by atomic mass is 31.2. The van der Waals surface area contributed by atoms with Crippen molar-refractivity contribution in [1.82, 2.24) is 0 Å². The zero-order valence-corrected chi connectivity index (χ0v) is 27.9. The smallest absolute Gasteiger partial charge is 0.200 e. The molecule has 1 aliphatic rings. The minimum Gasteiger partial charge on any atom is -0.414 e. The third kappa shape index (κ3) is 12.4. The molecule has 1 rings (SSSR count). The van der Waals surface area contributed by atoms with Crippen molar-refractivity contribution < 1.29 is 23.0 Å². The third-order valence-corrected chi connectivity index (χ3v) is 15.1. The summed E-state index contributed by atoms with van der Waals surface area (Å²) in [7, 11) is -0.635. The van der Waals surface area contributed by atoms with E-state index in [9.17, 15) is 4.57 Å². The maximum absolute atomic E-state index is 12.4. The molecule has 7 heteroatoms. The van der Waals surface area contributed by atoms with Crippen molar-refractivity contribution in [2.75, 3.05) is 33.7 Å². The van der Waals surface area contributed by atoms with Gasteiger partial charge in [0.1, 0.15) is 0 Å². The third-order valence-electron chi connectivity index (χ3n) is 8.62. The average Bonchev–Trinajstić information content (AvgIpc) is 3.13. The van der Waals surface area contributed by atoms with Crippen LogP contribution in [0.1, 0.15) is 98.8 Å². The summed E-state index contributed by atoms with van der Waals surface area (Å²) in [6.45, 7) is 18.2. The van der Waals surface area contributed by atoms with Gasteiger partial charge in [-0.25, -0.2) is 0 Å². The van der Waals surface area contributed by atoms with Gasteiger partial charge in [-0.1, -0.05) is 78.4 Å². The van der Waals surface area contributed by atoms with E-state index in [1.54, 1.807) is 6.66 Å². The molecule has 0 aromatic carbocycles. The Hall–Kier alpha value is 0.0269. The fourth-order valence-corrected chi connectivity index (χ4v) is 8.14. The second-order valence-electron chi connectivity index (χ2n) is 12.7. The molecule has 0 radical (unpaired) electrons. The number of unbranched alkanes of at least 4 members (excludes halogenated alkanes) is 5. The molecule has 1 aliphatic carbocycles. The van der Waals surface area contributed by atoms with E-state index >= 15 is 0 Å². The second kappa shape index (κ2) is 17.0. The van der Waals surface area contributed by atoms with Gasteiger partial charge in [0.05, 0.1) is 24.9 Å². The van der Waals surface area contributed by atoms with Crippen LogP contribution in [0.4, 0.5) is 0 Å². The fraction of sp³-hybridized carbons (Fsp3) is 0.933. The van der Waals surface area contributed by atoms with Crippen molar-refractivity contribution in [3.8, 4) is 0 Å². The molecule has 0 aromatic heterocycles. The molecule has 1 fully saturated rings. The lowest BCUT2D eigenvalue weighted by Crippen LogP contribution is -2.45. The van der Waals surface area contributed by atoms with Crippen LogP contribution in [0.25, 0.3) is 0 Å². The minimum atomic E-state index is -2.42. The van der Waals surface area contributed by atoms with Crippen LogP contribution in [-0.2, 0) is 23.0 Å². The number of rotatable bonds is 19. The molecule has 0 N–H and O–H groups in total. The number of hydrogen-bond acceptors (Lipinski definition) is 5. The molecule has 0 aromatic rings. The maximum atomic E-state index is 12.4. The quantitative estimate of drug-likeness (QED) is 0.0682. The van der Waals surface area contributed by atoms with Crippen molar-refractivity contribution in [1.29, 1.82) is 0 Å². The van der Waals surface area contributed by atoms with Gasteiger partial charge in [0.2, 0.25) is 0 Å². The highest BCUT2D eigenvalue weighted by molar-refractivity contribution is 7.58. The predicted molar refractivity (Wildman–Crippen MR) is 162 cm³/mol. The summed E-state index contributed by atoms with van der Waals surface area (Å²) >= 11 is 0. The molecule has 0 amide bonds. The molecule has 6 atom stereocenters. The highest BCUT2D eigenvalue weighted by Crippen LogP contribution is 2.46. The topological polar surface area (TPSA) is 54.0 Å². The normalized spacial score (nSPS) is 25.6. The summed E-state index contributed by atoms with van der Waals surface area (Å²) in [6, 6.07) is 0. The second-order valence-corrected chi connectivity index (χ2v) is 20.2. The maximum Gasteiger partial charge on any atom is 0.200 e. The van der Waals surface area contributed by atoms with E-state index in [1.165, 1.54) is 19.3 Å².